The van der Waals surface area contributed by atoms with Gasteiger partial charge in [-0.25, -0.2) is 0 Å². The summed E-state index contributed by atoms with van der Waals surface area (Å²) in [7, 11) is 1.76. The minimum absolute atomic E-state index is 0.358. The lowest BCUT2D eigenvalue weighted by Gasteiger charge is -2.20. The quantitative estimate of drug-likeness (QED) is 0.643. The number of nitrogens with one attached hydrogen (secondary N) is 2. The Morgan fingerprint density at radius 2 is 2.11 bits per heavy atom. The highest BCUT2D eigenvalue weighted by Crippen LogP contribution is 2.04. The van der Waals surface area contributed by atoms with Crippen molar-refractivity contribution in [3.8, 4) is 6.07 Å². The predicted molar refractivity (Wildman–Crippen MR) is 78.8 cm³/mol. The number of guanidine groups is 1. The van der Waals surface area contributed by atoms with Crippen LogP contribution in [0.15, 0.2) is 29.3 Å². The number of hydrogen-bond acceptors (Lipinski definition) is 2. The average Bonchev–Trinajstić information content (AvgIpc) is 2.43. The molecule has 0 aliphatic carbocycles. The third-order valence-corrected chi connectivity index (χ3v) is 3.10. The Hall–Kier alpha value is -2.02. The number of aliphatic imine (C=N–C) groups is 1. The fraction of sp³-hybridized carbons (Fsp3) is 0.467. The van der Waals surface area contributed by atoms with Crippen molar-refractivity contribution in [1.29, 1.82) is 5.26 Å². The first-order valence-electron chi connectivity index (χ1n) is 6.53. The monoisotopic (exact) mass is 258 g/mol. The average molecular weight is 258 g/mol. The van der Waals surface area contributed by atoms with Crippen LogP contribution in [0.4, 0.5) is 0 Å². The number of rotatable bonds is 4. The second-order valence-corrected chi connectivity index (χ2v) is 4.91. The molecular weight excluding hydrogens is 236 g/mol. The molecule has 0 aromatic heterocycles. The smallest absolute Gasteiger partial charge is 0.191 e. The third kappa shape index (κ3) is 5.01. The van der Waals surface area contributed by atoms with Crippen molar-refractivity contribution in [3.63, 3.8) is 0 Å². The van der Waals surface area contributed by atoms with Crippen LogP contribution in [-0.4, -0.2) is 19.0 Å². The summed E-state index contributed by atoms with van der Waals surface area (Å²) in [5, 5.41) is 15.5. The van der Waals surface area contributed by atoms with Gasteiger partial charge in [0.15, 0.2) is 5.96 Å². The van der Waals surface area contributed by atoms with Crippen LogP contribution in [0.5, 0.6) is 0 Å². The van der Waals surface area contributed by atoms with E-state index in [1.165, 1.54) is 0 Å². The lowest BCUT2D eigenvalue weighted by Crippen LogP contribution is -2.43. The molecule has 0 aliphatic rings. The Morgan fingerprint density at radius 3 is 2.68 bits per heavy atom. The van der Waals surface area contributed by atoms with E-state index in [0.29, 0.717) is 24.1 Å². The first-order chi connectivity index (χ1) is 9.06. The van der Waals surface area contributed by atoms with E-state index in [-0.39, 0.29) is 0 Å². The molecule has 1 rings (SSSR count). The van der Waals surface area contributed by atoms with Gasteiger partial charge in [-0.2, -0.15) is 5.26 Å². The van der Waals surface area contributed by atoms with Crippen LogP contribution in [0, 0.1) is 17.2 Å². The van der Waals surface area contributed by atoms with E-state index in [1.807, 2.05) is 18.2 Å². The van der Waals surface area contributed by atoms with E-state index in [2.05, 4.69) is 42.5 Å². The highest BCUT2D eigenvalue weighted by molar-refractivity contribution is 5.79. The standard InChI is InChI=1S/C15H22N4/c1-11(2)12(3)19-15(17-4)18-10-14-7-5-6-13(8-14)9-16/h5-8,11-12H,10H2,1-4H3,(H2,17,18,19). The Kier molecular flexibility index (Phi) is 5.87. The van der Waals surface area contributed by atoms with Crippen molar-refractivity contribution in [2.75, 3.05) is 7.05 Å². The van der Waals surface area contributed by atoms with Gasteiger partial charge in [0.2, 0.25) is 0 Å². The SMILES string of the molecule is CN=C(NCc1cccc(C#N)c1)NC(C)C(C)C. The lowest BCUT2D eigenvalue weighted by atomic mass is 10.1. The van der Waals surface area contributed by atoms with Crippen LogP contribution < -0.4 is 10.6 Å². The molecule has 1 atom stereocenters. The Labute approximate surface area is 115 Å². The van der Waals surface area contributed by atoms with Crippen molar-refractivity contribution in [1.82, 2.24) is 10.6 Å². The molecule has 0 fully saturated rings. The molecule has 0 bridgehead atoms. The van der Waals surface area contributed by atoms with Crippen molar-refractivity contribution in [3.05, 3.63) is 35.4 Å². The zero-order valence-corrected chi connectivity index (χ0v) is 12.1. The summed E-state index contributed by atoms with van der Waals surface area (Å²) >= 11 is 0. The van der Waals surface area contributed by atoms with Crippen molar-refractivity contribution < 1.29 is 0 Å². The molecule has 0 heterocycles. The molecule has 0 saturated heterocycles. The topological polar surface area (TPSA) is 60.2 Å². The molecule has 19 heavy (non-hydrogen) atoms. The minimum atomic E-state index is 0.358. The van der Waals surface area contributed by atoms with Gasteiger partial charge in [0.05, 0.1) is 11.6 Å². The van der Waals surface area contributed by atoms with Crippen molar-refractivity contribution in [2.24, 2.45) is 10.9 Å². The van der Waals surface area contributed by atoms with E-state index in [1.54, 1.807) is 13.1 Å². The fourth-order valence-electron chi connectivity index (χ4n) is 1.51. The number of hydrogen-bond donors (Lipinski definition) is 2. The zero-order chi connectivity index (χ0) is 14.3. The van der Waals surface area contributed by atoms with E-state index in [4.69, 9.17) is 5.26 Å². The zero-order valence-electron chi connectivity index (χ0n) is 12.1. The number of nitriles is 1. The lowest BCUT2D eigenvalue weighted by molar-refractivity contribution is 0.481. The molecule has 0 radical (unpaired) electrons. The molecule has 102 valence electrons. The highest BCUT2D eigenvalue weighted by Gasteiger charge is 2.08. The maximum atomic E-state index is 8.86. The predicted octanol–water partition coefficient (Wildman–Crippen LogP) is 2.27. The molecule has 0 aliphatic heterocycles. The van der Waals surface area contributed by atoms with E-state index < -0.39 is 0 Å². The van der Waals surface area contributed by atoms with Crippen LogP contribution in [-0.2, 0) is 6.54 Å². The summed E-state index contributed by atoms with van der Waals surface area (Å²) in [6.45, 7) is 7.12. The molecule has 2 N–H and O–H groups in total. The van der Waals surface area contributed by atoms with Gasteiger partial charge < -0.3 is 10.6 Å². The molecular formula is C15H22N4. The van der Waals surface area contributed by atoms with E-state index >= 15 is 0 Å². The van der Waals surface area contributed by atoms with E-state index in [9.17, 15) is 0 Å². The Morgan fingerprint density at radius 1 is 1.37 bits per heavy atom. The first-order valence-corrected chi connectivity index (χ1v) is 6.53. The Balaban J connectivity index is 2.56. The summed E-state index contributed by atoms with van der Waals surface area (Å²) < 4.78 is 0. The van der Waals surface area contributed by atoms with Gasteiger partial charge in [-0.1, -0.05) is 26.0 Å². The van der Waals surface area contributed by atoms with Crippen LogP contribution in [0.25, 0.3) is 0 Å². The largest absolute Gasteiger partial charge is 0.354 e. The van der Waals surface area contributed by atoms with Gasteiger partial charge in [-0.05, 0) is 30.5 Å². The fourth-order valence-corrected chi connectivity index (χ4v) is 1.51. The molecule has 0 saturated carbocycles. The highest BCUT2D eigenvalue weighted by atomic mass is 15.2. The molecule has 1 aromatic rings. The second-order valence-electron chi connectivity index (χ2n) is 4.91. The molecule has 1 aromatic carbocycles. The second kappa shape index (κ2) is 7.42. The summed E-state index contributed by atoms with van der Waals surface area (Å²) in [4.78, 5) is 4.20. The van der Waals surface area contributed by atoms with Gasteiger partial charge in [-0.15, -0.1) is 0 Å². The summed E-state index contributed by atoms with van der Waals surface area (Å²) in [6, 6.07) is 10.1. The van der Waals surface area contributed by atoms with Crippen LogP contribution in [0.1, 0.15) is 31.9 Å². The van der Waals surface area contributed by atoms with Gasteiger partial charge in [-0.3, -0.25) is 4.99 Å². The van der Waals surface area contributed by atoms with Crippen LogP contribution >= 0.6 is 0 Å². The van der Waals surface area contributed by atoms with Gasteiger partial charge in [0.1, 0.15) is 0 Å². The number of benzene rings is 1. The van der Waals surface area contributed by atoms with Gasteiger partial charge in [0.25, 0.3) is 0 Å². The first kappa shape index (κ1) is 15.0. The molecule has 4 nitrogen and oxygen atoms in total. The van der Waals surface area contributed by atoms with Gasteiger partial charge in [0, 0.05) is 19.6 Å². The molecule has 0 spiro atoms. The maximum Gasteiger partial charge on any atom is 0.191 e. The summed E-state index contributed by atoms with van der Waals surface area (Å²) in [6.07, 6.45) is 0. The molecule has 0 amide bonds. The van der Waals surface area contributed by atoms with Crippen molar-refractivity contribution in [2.45, 2.75) is 33.4 Å². The van der Waals surface area contributed by atoms with E-state index in [0.717, 1.165) is 11.5 Å². The van der Waals surface area contributed by atoms with Crippen LogP contribution in [0.2, 0.25) is 0 Å². The minimum Gasteiger partial charge on any atom is -0.354 e. The van der Waals surface area contributed by atoms with Crippen LogP contribution in [0.3, 0.4) is 0 Å². The third-order valence-electron chi connectivity index (χ3n) is 3.10. The maximum absolute atomic E-state index is 8.86. The Bertz CT molecular complexity index is 471. The molecule has 4 heteroatoms. The normalized spacial score (nSPS) is 12.9. The van der Waals surface area contributed by atoms with Crippen molar-refractivity contribution >= 4 is 5.96 Å². The van der Waals surface area contributed by atoms with Gasteiger partial charge >= 0.3 is 0 Å². The summed E-state index contributed by atoms with van der Waals surface area (Å²) in [5.74, 6) is 1.32. The summed E-state index contributed by atoms with van der Waals surface area (Å²) in [5.41, 5.74) is 1.75. The molecule has 1 unspecified atom stereocenters. The number of nitrogens with zero attached hydrogens (tertiary/aromatic N) is 2.